The molecule has 1 amide bonds. The van der Waals surface area contributed by atoms with E-state index in [2.05, 4.69) is 10.1 Å². The standard InChI is InChI=1S/C12H15NO3/c1-15-11-4-3-8-5-10(6-9(8)7-11)13-12(14)16-2/h3-4,7,10H,5-6H2,1-2H3,(H,13,14). The summed E-state index contributed by atoms with van der Waals surface area (Å²) in [5.41, 5.74) is 2.50. The number of hydrogen-bond acceptors (Lipinski definition) is 3. The van der Waals surface area contributed by atoms with Crippen LogP contribution in [0.15, 0.2) is 18.2 Å². The van der Waals surface area contributed by atoms with Gasteiger partial charge >= 0.3 is 6.09 Å². The second-order valence-corrected chi connectivity index (χ2v) is 3.88. The van der Waals surface area contributed by atoms with Gasteiger partial charge in [0.15, 0.2) is 0 Å². The fraction of sp³-hybridized carbons (Fsp3) is 0.417. The topological polar surface area (TPSA) is 47.6 Å². The maximum Gasteiger partial charge on any atom is 0.407 e. The third-order valence-corrected chi connectivity index (χ3v) is 2.85. The van der Waals surface area contributed by atoms with Gasteiger partial charge in [0.2, 0.25) is 0 Å². The number of benzene rings is 1. The molecule has 1 aliphatic carbocycles. The quantitative estimate of drug-likeness (QED) is 0.823. The summed E-state index contributed by atoms with van der Waals surface area (Å²) in [6.07, 6.45) is 1.32. The molecule has 0 bridgehead atoms. The van der Waals surface area contributed by atoms with Crippen LogP contribution in [0, 0.1) is 0 Å². The lowest BCUT2D eigenvalue weighted by Gasteiger charge is -2.09. The molecule has 1 atom stereocenters. The molecular formula is C12H15NO3. The van der Waals surface area contributed by atoms with Crippen molar-refractivity contribution in [3.63, 3.8) is 0 Å². The summed E-state index contributed by atoms with van der Waals surface area (Å²) >= 11 is 0. The van der Waals surface area contributed by atoms with Crippen molar-refractivity contribution in [3.8, 4) is 5.75 Å². The molecule has 0 saturated heterocycles. The summed E-state index contributed by atoms with van der Waals surface area (Å²) < 4.78 is 9.75. The van der Waals surface area contributed by atoms with Gasteiger partial charge in [0.05, 0.1) is 14.2 Å². The number of ether oxygens (including phenoxy) is 2. The number of rotatable bonds is 2. The van der Waals surface area contributed by atoms with Gasteiger partial charge in [-0.15, -0.1) is 0 Å². The summed E-state index contributed by atoms with van der Waals surface area (Å²) in [5, 5.41) is 2.81. The lowest BCUT2D eigenvalue weighted by Crippen LogP contribution is -2.35. The summed E-state index contributed by atoms with van der Waals surface area (Å²) in [5.74, 6) is 0.859. The van der Waals surface area contributed by atoms with Crippen LogP contribution in [0.25, 0.3) is 0 Å². The molecule has 1 aromatic rings. The molecule has 0 aliphatic heterocycles. The molecule has 16 heavy (non-hydrogen) atoms. The van der Waals surface area contributed by atoms with Gasteiger partial charge in [-0.2, -0.15) is 0 Å². The summed E-state index contributed by atoms with van der Waals surface area (Å²) in [7, 11) is 3.03. The second kappa shape index (κ2) is 4.43. The van der Waals surface area contributed by atoms with Gasteiger partial charge < -0.3 is 14.8 Å². The predicted octanol–water partition coefficient (Wildman–Crippen LogP) is 1.52. The van der Waals surface area contributed by atoms with Crippen molar-refractivity contribution in [2.24, 2.45) is 0 Å². The van der Waals surface area contributed by atoms with E-state index in [4.69, 9.17) is 4.74 Å². The Balaban J connectivity index is 2.06. The molecule has 0 radical (unpaired) electrons. The maximum absolute atomic E-state index is 11.1. The highest BCUT2D eigenvalue weighted by molar-refractivity contribution is 5.67. The van der Waals surface area contributed by atoms with Crippen molar-refractivity contribution in [2.75, 3.05) is 14.2 Å². The Bertz CT molecular complexity index is 403. The van der Waals surface area contributed by atoms with E-state index < -0.39 is 0 Å². The predicted molar refractivity (Wildman–Crippen MR) is 59.7 cm³/mol. The number of nitrogens with one attached hydrogen (secondary N) is 1. The van der Waals surface area contributed by atoms with E-state index in [0.717, 1.165) is 18.6 Å². The summed E-state index contributed by atoms with van der Waals surface area (Å²) in [6, 6.07) is 6.15. The van der Waals surface area contributed by atoms with E-state index in [1.54, 1.807) is 7.11 Å². The van der Waals surface area contributed by atoms with E-state index in [0.29, 0.717) is 0 Å². The Morgan fingerprint density at radius 1 is 1.31 bits per heavy atom. The van der Waals surface area contributed by atoms with Crippen LogP contribution >= 0.6 is 0 Å². The molecule has 4 heteroatoms. The Labute approximate surface area is 94.6 Å². The van der Waals surface area contributed by atoms with Crippen molar-refractivity contribution in [3.05, 3.63) is 29.3 Å². The minimum absolute atomic E-state index is 0.134. The first-order valence-corrected chi connectivity index (χ1v) is 5.23. The molecule has 1 aromatic carbocycles. The molecule has 0 fully saturated rings. The van der Waals surface area contributed by atoms with Gasteiger partial charge in [0.25, 0.3) is 0 Å². The van der Waals surface area contributed by atoms with E-state index >= 15 is 0 Å². The monoisotopic (exact) mass is 221 g/mol. The number of amides is 1. The molecule has 1 N–H and O–H groups in total. The number of carbonyl (C=O) groups is 1. The Morgan fingerprint density at radius 3 is 2.75 bits per heavy atom. The molecule has 86 valence electrons. The van der Waals surface area contributed by atoms with Crippen molar-refractivity contribution in [1.82, 2.24) is 5.32 Å². The van der Waals surface area contributed by atoms with Gasteiger partial charge in [0, 0.05) is 6.04 Å². The van der Waals surface area contributed by atoms with E-state index in [9.17, 15) is 4.79 Å². The first kappa shape index (κ1) is 10.8. The normalized spacial score (nSPS) is 17.8. The molecule has 2 rings (SSSR count). The number of alkyl carbamates (subject to hydrolysis) is 1. The lowest BCUT2D eigenvalue weighted by atomic mass is 10.1. The Hall–Kier alpha value is -1.71. The van der Waals surface area contributed by atoms with Crippen molar-refractivity contribution < 1.29 is 14.3 Å². The fourth-order valence-corrected chi connectivity index (χ4v) is 2.05. The molecule has 0 aromatic heterocycles. The Kier molecular flexibility index (Phi) is 2.99. The minimum atomic E-state index is -0.371. The van der Waals surface area contributed by atoms with Crippen molar-refractivity contribution in [2.45, 2.75) is 18.9 Å². The lowest BCUT2D eigenvalue weighted by molar-refractivity contribution is 0.167. The van der Waals surface area contributed by atoms with Crippen LogP contribution in [-0.2, 0) is 17.6 Å². The van der Waals surface area contributed by atoms with E-state index in [1.165, 1.54) is 18.2 Å². The molecule has 0 spiro atoms. The largest absolute Gasteiger partial charge is 0.497 e. The van der Waals surface area contributed by atoms with Crippen molar-refractivity contribution >= 4 is 6.09 Å². The first-order chi connectivity index (χ1) is 7.72. The molecule has 4 nitrogen and oxygen atoms in total. The highest BCUT2D eigenvalue weighted by atomic mass is 16.5. The van der Waals surface area contributed by atoms with Gasteiger partial charge in [-0.3, -0.25) is 0 Å². The molecular weight excluding hydrogens is 206 g/mol. The van der Waals surface area contributed by atoms with Crippen LogP contribution < -0.4 is 10.1 Å². The highest BCUT2D eigenvalue weighted by Crippen LogP contribution is 2.26. The number of carbonyl (C=O) groups excluding carboxylic acids is 1. The molecule has 0 saturated carbocycles. The number of methoxy groups -OCH3 is 2. The van der Waals surface area contributed by atoms with Crippen LogP contribution in [0.1, 0.15) is 11.1 Å². The minimum Gasteiger partial charge on any atom is -0.497 e. The first-order valence-electron chi connectivity index (χ1n) is 5.23. The zero-order valence-electron chi connectivity index (χ0n) is 9.45. The summed E-state index contributed by atoms with van der Waals surface area (Å²) in [6.45, 7) is 0. The van der Waals surface area contributed by atoms with E-state index in [1.807, 2.05) is 18.2 Å². The smallest absolute Gasteiger partial charge is 0.407 e. The third kappa shape index (κ3) is 2.10. The zero-order chi connectivity index (χ0) is 11.5. The van der Waals surface area contributed by atoms with Crippen LogP contribution in [0.5, 0.6) is 5.75 Å². The fourth-order valence-electron chi connectivity index (χ4n) is 2.05. The van der Waals surface area contributed by atoms with Gasteiger partial charge in [-0.25, -0.2) is 4.79 Å². The molecule has 0 heterocycles. The molecule has 1 unspecified atom stereocenters. The average molecular weight is 221 g/mol. The summed E-state index contributed by atoms with van der Waals surface area (Å²) in [4.78, 5) is 11.1. The van der Waals surface area contributed by atoms with Gasteiger partial charge in [-0.05, 0) is 36.1 Å². The van der Waals surface area contributed by atoms with Crippen LogP contribution in [0.2, 0.25) is 0 Å². The third-order valence-electron chi connectivity index (χ3n) is 2.85. The van der Waals surface area contributed by atoms with Crippen LogP contribution in [0.3, 0.4) is 0 Å². The SMILES string of the molecule is COC(=O)NC1Cc2ccc(OC)cc2C1. The van der Waals surface area contributed by atoms with Crippen LogP contribution in [-0.4, -0.2) is 26.4 Å². The maximum atomic E-state index is 11.1. The van der Waals surface area contributed by atoms with Crippen molar-refractivity contribution in [1.29, 1.82) is 0 Å². The van der Waals surface area contributed by atoms with E-state index in [-0.39, 0.29) is 12.1 Å². The van der Waals surface area contributed by atoms with Crippen LogP contribution in [0.4, 0.5) is 4.79 Å². The van der Waals surface area contributed by atoms with Gasteiger partial charge in [0.1, 0.15) is 5.75 Å². The zero-order valence-corrected chi connectivity index (χ0v) is 9.45. The highest BCUT2D eigenvalue weighted by Gasteiger charge is 2.23. The second-order valence-electron chi connectivity index (χ2n) is 3.88. The number of fused-ring (bicyclic) bond motifs is 1. The average Bonchev–Trinajstić information content (AvgIpc) is 2.69. The Morgan fingerprint density at radius 2 is 2.06 bits per heavy atom. The van der Waals surface area contributed by atoms with Gasteiger partial charge in [-0.1, -0.05) is 6.07 Å². The number of hydrogen-bond donors (Lipinski definition) is 1. The molecule has 1 aliphatic rings.